The molecular formula is C25H23N5O2. The van der Waals surface area contributed by atoms with E-state index >= 15 is 0 Å². The Bertz CT molecular complexity index is 1380. The highest BCUT2D eigenvalue weighted by Crippen LogP contribution is 2.30. The Morgan fingerprint density at radius 1 is 0.844 bits per heavy atom. The van der Waals surface area contributed by atoms with Gasteiger partial charge in [-0.05, 0) is 59.9 Å². The third-order valence-corrected chi connectivity index (χ3v) is 6.15. The molecule has 2 aliphatic rings. The number of benzene rings is 2. The number of rotatable bonds is 3. The van der Waals surface area contributed by atoms with Crippen molar-refractivity contribution in [3.63, 3.8) is 0 Å². The van der Waals surface area contributed by atoms with E-state index in [1.807, 2.05) is 30.5 Å². The summed E-state index contributed by atoms with van der Waals surface area (Å²) in [4.78, 5) is 16.3. The predicted octanol–water partition coefficient (Wildman–Crippen LogP) is 4.41. The van der Waals surface area contributed by atoms with Crippen LogP contribution in [0, 0.1) is 0 Å². The van der Waals surface area contributed by atoms with Gasteiger partial charge in [0, 0.05) is 18.8 Å². The molecule has 2 aromatic heterocycles. The van der Waals surface area contributed by atoms with Crippen LogP contribution in [0.25, 0.3) is 38.8 Å². The summed E-state index contributed by atoms with van der Waals surface area (Å²) in [5.74, 6) is 0. The minimum Gasteiger partial charge on any atom is -0.424 e. The third-order valence-electron chi connectivity index (χ3n) is 6.15. The van der Waals surface area contributed by atoms with Crippen LogP contribution in [0.15, 0.2) is 64.9 Å². The van der Waals surface area contributed by atoms with E-state index < -0.39 is 0 Å². The molecule has 1 fully saturated rings. The normalized spacial score (nSPS) is 16.9. The average Bonchev–Trinajstić information content (AvgIpc) is 3.23. The van der Waals surface area contributed by atoms with Crippen LogP contribution in [-0.4, -0.2) is 46.2 Å². The number of morpholine rings is 1. The van der Waals surface area contributed by atoms with Gasteiger partial charge in [-0.3, -0.25) is 4.98 Å². The van der Waals surface area contributed by atoms with Gasteiger partial charge in [0.15, 0.2) is 5.58 Å². The Labute approximate surface area is 185 Å². The monoisotopic (exact) mass is 425 g/mol. The van der Waals surface area contributed by atoms with E-state index in [4.69, 9.17) is 19.9 Å². The number of nitrogen functional groups attached to an aromatic ring is 1. The van der Waals surface area contributed by atoms with E-state index in [0.29, 0.717) is 5.58 Å². The van der Waals surface area contributed by atoms with Gasteiger partial charge in [0.1, 0.15) is 5.52 Å². The molecule has 0 radical (unpaired) electrons. The number of nitrogens with two attached hydrogens (primary N) is 1. The van der Waals surface area contributed by atoms with Crippen molar-refractivity contribution in [2.24, 2.45) is 0 Å². The quantitative estimate of drug-likeness (QED) is 0.520. The molecule has 3 heterocycles. The second kappa shape index (κ2) is 7.76. The molecule has 7 heteroatoms. The van der Waals surface area contributed by atoms with Gasteiger partial charge >= 0.3 is 0 Å². The highest BCUT2D eigenvalue weighted by atomic mass is 16.5. The van der Waals surface area contributed by atoms with Gasteiger partial charge in [0.25, 0.3) is 6.01 Å². The summed E-state index contributed by atoms with van der Waals surface area (Å²) >= 11 is 0. The van der Waals surface area contributed by atoms with Crippen LogP contribution < -0.4 is 5.73 Å². The lowest BCUT2D eigenvalue weighted by molar-refractivity contribution is 0.0521. The fourth-order valence-electron chi connectivity index (χ4n) is 4.42. The van der Waals surface area contributed by atoms with Crippen molar-refractivity contribution in [3.05, 3.63) is 66.1 Å². The van der Waals surface area contributed by atoms with Crippen LogP contribution in [0.3, 0.4) is 0 Å². The first-order chi connectivity index (χ1) is 15.7. The highest BCUT2D eigenvalue weighted by molar-refractivity contribution is 5.86. The molecule has 4 aromatic rings. The Hall–Kier alpha value is -3.71. The molecule has 7 nitrogen and oxygen atoms in total. The molecule has 2 N–H and O–H groups in total. The number of anilines is 1. The summed E-state index contributed by atoms with van der Waals surface area (Å²) in [5, 5.41) is 0. The van der Waals surface area contributed by atoms with Crippen molar-refractivity contribution in [1.82, 2.24) is 19.9 Å². The first-order valence-electron chi connectivity index (χ1n) is 10.9. The zero-order valence-corrected chi connectivity index (χ0v) is 17.6. The van der Waals surface area contributed by atoms with Gasteiger partial charge in [-0.2, -0.15) is 4.98 Å². The van der Waals surface area contributed by atoms with Crippen molar-refractivity contribution < 1.29 is 9.15 Å². The molecule has 0 unspecified atom stereocenters. The summed E-state index contributed by atoms with van der Waals surface area (Å²) in [6.07, 6.45) is 8.29. The summed E-state index contributed by atoms with van der Waals surface area (Å²) in [6.45, 7) is 3.56. The minimum atomic E-state index is 0.178. The van der Waals surface area contributed by atoms with Crippen LogP contribution in [0.5, 0.6) is 0 Å². The smallest absolute Gasteiger partial charge is 0.292 e. The molecule has 32 heavy (non-hydrogen) atoms. The van der Waals surface area contributed by atoms with Gasteiger partial charge in [-0.25, -0.2) is 4.98 Å². The number of fused-ring (bicyclic) bond motifs is 2. The Balaban J connectivity index is 1.32. The van der Waals surface area contributed by atoms with E-state index in [2.05, 4.69) is 39.2 Å². The summed E-state index contributed by atoms with van der Waals surface area (Å²) in [6, 6.07) is 12.2. The van der Waals surface area contributed by atoms with E-state index in [1.54, 1.807) is 0 Å². The molecule has 0 atom stereocenters. The first-order valence-corrected chi connectivity index (χ1v) is 10.9. The Kier molecular flexibility index (Phi) is 4.61. The minimum absolute atomic E-state index is 0.178. The van der Waals surface area contributed by atoms with Crippen molar-refractivity contribution in [3.8, 4) is 11.1 Å². The van der Waals surface area contributed by atoms with Gasteiger partial charge in [0.2, 0.25) is 0 Å². The van der Waals surface area contributed by atoms with Crippen LogP contribution in [0.1, 0.15) is 18.5 Å². The van der Waals surface area contributed by atoms with E-state index in [-0.39, 0.29) is 6.01 Å². The molecule has 1 saturated heterocycles. The Morgan fingerprint density at radius 3 is 2.47 bits per heavy atom. The fraction of sp³-hybridized carbons (Fsp3) is 0.240. The number of oxazole rings is 1. The maximum absolute atomic E-state index is 5.68. The van der Waals surface area contributed by atoms with Crippen molar-refractivity contribution >= 4 is 33.7 Å². The lowest BCUT2D eigenvalue weighted by atomic mass is 9.99. The lowest BCUT2D eigenvalue weighted by Crippen LogP contribution is -2.35. The summed E-state index contributed by atoms with van der Waals surface area (Å²) in [5.41, 5.74) is 14.5. The molecule has 160 valence electrons. The van der Waals surface area contributed by atoms with E-state index in [0.717, 1.165) is 72.5 Å². The zero-order valence-electron chi connectivity index (χ0n) is 17.6. The van der Waals surface area contributed by atoms with Crippen LogP contribution in [0.4, 0.5) is 6.01 Å². The number of hydrogen-bond acceptors (Lipinski definition) is 7. The van der Waals surface area contributed by atoms with Crippen LogP contribution in [0.2, 0.25) is 0 Å². The molecule has 0 amide bonds. The topological polar surface area (TPSA) is 90.3 Å². The SMILES string of the molecule is Nc1nc2cc(-c3ccc4ncc(C5=CC=C(N6CCOCC6)CC5)nc4c3)ccc2o1. The molecule has 0 saturated carbocycles. The standard InChI is InChI=1S/C25H23N5O2/c26-25-29-22-14-18(4-8-24(22)32-25)17-3-7-20-21(13-17)28-23(15-27-20)16-1-5-19(6-2-16)30-9-11-31-12-10-30/h1,3-5,7-8,13-15H,2,6,9-12H2,(H2,26,29). The number of hydrogen-bond donors (Lipinski definition) is 1. The second-order valence-corrected chi connectivity index (χ2v) is 8.14. The van der Waals surface area contributed by atoms with Crippen LogP contribution >= 0.6 is 0 Å². The van der Waals surface area contributed by atoms with Crippen molar-refractivity contribution in [2.75, 3.05) is 32.0 Å². The van der Waals surface area contributed by atoms with Gasteiger partial charge in [0.05, 0.1) is 36.1 Å². The maximum atomic E-state index is 5.68. The summed E-state index contributed by atoms with van der Waals surface area (Å²) < 4.78 is 10.9. The molecule has 6 rings (SSSR count). The summed E-state index contributed by atoms with van der Waals surface area (Å²) in [7, 11) is 0. The molecule has 0 spiro atoms. The molecule has 1 aliphatic heterocycles. The Morgan fingerprint density at radius 2 is 1.66 bits per heavy atom. The predicted molar refractivity (Wildman–Crippen MR) is 125 cm³/mol. The van der Waals surface area contributed by atoms with Crippen molar-refractivity contribution in [2.45, 2.75) is 12.8 Å². The van der Waals surface area contributed by atoms with Crippen molar-refractivity contribution in [1.29, 1.82) is 0 Å². The highest BCUT2D eigenvalue weighted by Gasteiger charge is 2.17. The van der Waals surface area contributed by atoms with E-state index in [9.17, 15) is 0 Å². The van der Waals surface area contributed by atoms with E-state index in [1.165, 1.54) is 11.3 Å². The van der Waals surface area contributed by atoms with Gasteiger partial charge in [-0.1, -0.05) is 18.2 Å². The average molecular weight is 425 g/mol. The molecule has 2 aromatic carbocycles. The maximum Gasteiger partial charge on any atom is 0.292 e. The van der Waals surface area contributed by atoms with Gasteiger partial charge < -0.3 is 19.8 Å². The fourth-order valence-corrected chi connectivity index (χ4v) is 4.42. The number of allylic oxidation sites excluding steroid dienone is 4. The van der Waals surface area contributed by atoms with Crippen LogP contribution in [-0.2, 0) is 4.74 Å². The molecule has 1 aliphatic carbocycles. The third kappa shape index (κ3) is 3.50. The largest absolute Gasteiger partial charge is 0.424 e. The first kappa shape index (κ1) is 19.0. The molecule has 0 bridgehead atoms. The second-order valence-electron chi connectivity index (χ2n) is 8.14. The molecular weight excluding hydrogens is 402 g/mol. The number of ether oxygens (including phenoxy) is 1. The number of aromatic nitrogens is 3. The number of nitrogens with zero attached hydrogens (tertiary/aromatic N) is 4. The lowest BCUT2D eigenvalue weighted by Gasteiger charge is -2.32. The zero-order chi connectivity index (χ0) is 21.5. The van der Waals surface area contributed by atoms with Gasteiger partial charge in [-0.15, -0.1) is 0 Å².